The number of aryl methyl sites for hydroxylation is 1. The molecule has 236 valence electrons. The van der Waals surface area contributed by atoms with Crippen molar-refractivity contribution in [1.82, 2.24) is 4.90 Å². The summed E-state index contributed by atoms with van der Waals surface area (Å²) in [5.74, 6) is 3.74. The van der Waals surface area contributed by atoms with E-state index < -0.39 is 11.0 Å². The van der Waals surface area contributed by atoms with E-state index in [0.717, 1.165) is 68.8 Å². The molecule has 7 nitrogen and oxygen atoms in total. The van der Waals surface area contributed by atoms with E-state index >= 15 is 0 Å². The van der Waals surface area contributed by atoms with Gasteiger partial charge in [-0.15, -0.1) is 0 Å². The fourth-order valence-electron chi connectivity index (χ4n) is 12.0. The van der Waals surface area contributed by atoms with E-state index in [9.17, 15) is 15.3 Å². The van der Waals surface area contributed by atoms with Crippen LogP contribution in [0.3, 0.4) is 0 Å². The quantitative estimate of drug-likeness (QED) is 0.371. The van der Waals surface area contributed by atoms with Gasteiger partial charge in [0.05, 0.1) is 16.7 Å². The van der Waals surface area contributed by atoms with E-state index in [-0.39, 0.29) is 23.3 Å². The summed E-state index contributed by atoms with van der Waals surface area (Å²) in [6.45, 7) is 4.47. The highest BCUT2D eigenvalue weighted by Crippen LogP contribution is 2.65. The molecule has 0 radical (unpaired) electrons. The third-order valence-electron chi connectivity index (χ3n) is 14.3. The van der Waals surface area contributed by atoms with Gasteiger partial charge in [-0.2, -0.15) is 10.2 Å². The second kappa shape index (κ2) is 9.13. The van der Waals surface area contributed by atoms with Crippen LogP contribution in [-0.4, -0.2) is 62.5 Å². The van der Waals surface area contributed by atoms with Crippen LogP contribution in [0.4, 0.5) is 0 Å². The van der Waals surface area contributed by atoms with Gasteiger partial charge in [0.1, 0.15) is 5.75 Å². The van der Waals surface area contributed by atoms with Crippen molar-refractivity contribution in [3.8, 4) is 17.2 Å². The number of hydrogen-bond acceptors (Lipinski definition) is 7. The highest BCUT2D eigenvalue weighted by atomic mass is 16.5. The molecule has 7 heteroatoms. The van der Waals surface area contributed by atoms with Crippen molar-refractivity contribution in [1.29, 1.82) is 0 Å². The van der Waals surface area contributed by atoms with Gasteiger partial charge in [-0.05, 0) is 142 Å². The average molecular weight is 608 g/mol. The van der Waals surface area contributed by atoms with E-state index in [1.165, 1.54) is 48.1 Å². The summed E-state index contributed by atoms with van der Waals surface area (Å²) in [6, 6.07) is 9.96. The van der Waals surface area contributed by atoms with Gasteiger partial charge in [0.2, 0.25) is 0 Å². The number of fused-ring (bicyclic) bond motifs is 5. The van der Waals surface area contributed by atoms with Crippen molar-refractivity contribution >= 4 is 11.4 Å². The number of ether oxygens (including phenoxy) is 1. The Morgan fingerprint density at radius 2 is 1.82 bits per heavy atom. The molecule has 8 unspecified atom stereocenters. The molecule has 5 fully saturated rings. The first-order valence-corrected chi connectivity index (χ1v) is 17.7. The number of phenols is 2. The molecule has 0 amide bonds. The smallest absolute Gasteiger partial charge is 0.166 e. The lowest BCUT2D eigenvalue weighted by atomic mass is 9.49. The Bertz CT molecular complexity index is 1680. The number of likely N-dealkylation sites (tertiary alicyclic amines) is 1. The molecule has 2 bridgehead atoms. The molecule has 6 aliphatic carbocycles. The molecule has 10 rings (SSSR count). The Hall–Kier alpha value is -2.90. The van der Waals surface area contributed by atoms with Crippen LogP contribution in [0.2, 0.25) is 0 Å². The first kappa shape index (κ1) is 27.2. The lowest BCUT2D eigenvalue weighted by molar-refractivity contribution is -0.166. The minimum Gasteiger partial charge on any atom is -0.508 e. The summed E-state index contributed by atoms with van der Waals surface area (Å²) in [5.41, 5.74) is 5.83. The first-order valence-electron chi connectivity index (χ1n) is 17.7. The van der Waals surface area contributed by atoms with Crippen LogP contribution in [0, 0.1) is 23.2 Å². The average Bonchev–Trinajstić information content (AvgIpc) is 3.68. The Morgan fingerprint density at radius 1 is 0.933 bits per heavy atom. The standard InChI is InChI=1S/C38H45N3O4/c1-36-14-12-26-25-8-6-24(42)18-22(25)4-7-27(26)28(36)9-11-31(36)40-39-29-13-15-38(44)32-19-23-5-10-30(43)34-33(23)37(38,35(29)45-34)16-17-41(32)20-21-2-3-21/h5-6,8,10,18,21,26-28,32,35,42-44H,2-4,7,9,11-17,19-20H2,1H3/b39-29-,40-31+. The highest BCUT2D eigenvalue weighted by molar-refractivity contribution is 5.97. The molecule has 4 saturated carbocycles. The minimum absolute atomic E-state index is 0.0579. The van der Waals surface area contributed by atoms with E-state index in [0.29, 0.717) is 42.1 Å². The maximum atomic E-state index is 12.8. The van der Waals surface area contributed by atoms with Gasteiger partial charge in [-0.3, -0.25) is 4.90 Å². The number of piperidine rings is 1. The summed E-state index contributed by atoms with van der Waals surface area (Å²) in [4.78, 5) is 2.58. The van der Waals surface area contributed by atoms with Gasteiger partial charge in [-0.1, -0.05) is 19.1 Å². The van der Waals surface area contributed by atoms with Crippen LogP contribution < -0.4 is 4.74 Å². The van der Waals surface area contributed by atoms with E-state index in [2.05, 4.69) is 24.0 Å². The SMILES string of the molecule is CC12CCC3c4ccc(O)cc4CCC3C1CC/C2=N\N=C1\CCC2(O)C3Cc4ccc(O)c5c4C2(CCN3CC2CC2)C1O5. The van der Waals surface area contributed by atoms with Gasteiger partial charge in [0.25, 0.3) is 0 Å². The molecular formula is C38H45N3O4. The molecule has 8 atom stereocenters. The number of rotatable bonds is 3. The number of hydrogen-bond donors (Lipinski definition) is 3. The van der Waals surface area contributed by atoms with Crippen molar-refractivity contribution in [3.63, 3.8) is 0 Å². The molecular weight excluding hydrogens is 562 g/mol. The second-order valence-corrected chi connectivity index (χ2v) is 16.2. The topological polar surface area (TPSA) is 97.9 Å². The van der Waals surface area contributed by atoms with Crippen LogP contribution in [-0.2, 0) is 18.3 Å². The fraction of sp³-hybridized carbons (Fsp3) is 0.632. The summed E-state index contributed by atoms with van der Waals surface area (Å²) < 4.78 is 6.73. The van der Waals surface area contributed by atoms with Crippen molar-refractivity contribution in [2.45, 2.75) is 113 Å². The lowest BCUT2D eigenvalue weighted by Crippen LogP contribution is -2.76. The molecule has 2 aromatic rings. The lowest BCUT2D eigenvalue weighted by Gasteiger charge is -2.63. The number of phenolic OH excluding ortho intramolecular Hbond substituents is 2. The Kier molecular flexibility index (Phi) is 5.52. The number of aliphatic hydroxyl groups is 1. The minimum atomic E-state index is -0.903. The third-order valence-corrected chi connectivity index (χ3v) is 14.3. The van der Waals surface area contributed by atoms with E-state index in [1.807, 2.05) is 12.1 Å². The molecule has 2 aliphatic heterocycles. The van der Waals surface area contributed by atoms with Gasteiger partial charge in [-0.25, -0.2) is 0 Å². The number of benzene rings is 2. The Balaban J connectivity index is 0.991. The zero-order valence-electron chi connectivity index (χ0n) is 26.3. The van der Waals surface area contributed by atoms with Gasteiger partial charge < -0.3 is 20.1 Å². The van der Waals surface area contributed by atoms with Crippen molar-refractivity contribution in [3.05, 3.63) is 52.6 Å². The molecule has 2 aromatic carbocycles. The predicted octanol–water partition coefficient (Wildman–Crippen LogP) is 6.02. The molecule has 3 N–H and O–H groups in total. The normalized spacial score (nSPS) is 42.6. The van der Waals surface area contributed by atoms with Crippen LogP contribution in [0.25, 0.3) is 0 Å². The van der Waals surface area contributed by atoms with Crippen molar-refractivity contribution in [2.24, 2.45) is 33.4 Å². The number of aromatic hydroxyl groups is 2. The fourth-order valence-corrected chi connectivity index (χ4v) is 12.0. The zero-order valence-corrected chi connectivity index (χ0v) is 26.3. The monoisotopic (exact) mass is 607 g/mol. The number of nitrogens with zero attached hydrogens (tertiary/aromatic N) is 3. The molecule has 2 heterocycles. The Morgan fingerprint density at radius 3 is 2.69 bits per heavy atom. The summed E-state index contributed by atoms with van der Waals surface area (Å²) in [5, 5.41) is 44.1. The molecule has 45 heavy (non-hydrogen) atoms. The molecule has 1 spiro atoms. The van der Waals surface area contributed by atoms with Crippen molar-refractivity contribution < 1.29 is 20.1 Å². The summed E-state index contributed by atoms with van der Waals surface area (Å²) in [7, 11) is 0. The Labute approximate surface area is 265 Å². The van der Waals surface area contributed by atoms with Crippen molar-refractivity contribution in [2.75, 3.05) is 13.1 Å². The highest BCUT2D eigenvalue weighted by Gasteiger charge is 2.72. The van der Waals surface area contributed by atoms with E-state index in [1.54, 1.807) is 6.07 Å². The van der Waals surface area contributed by atoms with Crippen LogP contribution in [0.1, 0.15) is 99.3 Å². The summed E-state index contributed by atoms with van der Waals surface area (Å²) >= 11 is 0. The predicted molar refractivity (Wildman–Crippen MR) is 172 cm³/mol. The largest absolute Gasteiger partial charge is 0.508 e. The van der Waals surface area contributed by atoms with Crippen LogP contribution >= 0.6 is 0 Å². The molecule has 0 aromatic heterocycles. The van der Waals surface area contributed by atoms with Gasteiger partial charge in [0, 0.05) is 29.3 Å². The van der Waals surface area contributed by atoms with E-state index in [4.69, 9.17) is 14.9 Å². The second-order valence-electron chi connectivity index (χ2n) is 16.2. The third kappa shape index (κ3) is 3.49. The molecule has 8 aliphatic rings. The van der Waals surface area contributed by atoms with Crippen LogP contribution in [0.5, 0.6) is 17.2 Å². The maximum Gasteiger partial charge on any atom is 0.166 e. The van der Waals surface area contributed by atoms with Gasteiger partial charge in [0.15, 0.2) is 17.6 Å². The maximum absolute atomic E-state index is 12.8. The summed E-state index contributed by atoms with van der Waals surface area (Å²) in [6.07, 6.45) is 11.9. The van der Waals surface area contributed by atoms with Crippen LogP contribution in [0.15, 0.2) is 40.5 Å². The first-order chi connectivity index (χ1) is 21.8. The zero-order chi connectivity index (χ0) is 30.3. The van der Waals surface area contributed by atoms with Gasteiger partial charge >= 0.3 is 0 Å². The molecule has 1 saturated heterocycles.